The SMILES string of the molecule is CCOc1ccc(Cl)cc1/C=N/n1cn[nH]c1=S. The Bertz CT molecular complexity index is 620. The lowest BCUT2D eigenvalue weighted by Gasteiger charge is -2.06. The Kier molecular flexibility index (Phi) is 4.11. The number of hydrogen-bond donors (Lipinski definition) is 1. The Hall–Kier alpha value is -1.66. The van der Waals surface area contributed by atoms with Crippen molar-refractivity contribution in [1.29, 1.82) is 0 Å². The van der Waals surface area contributed by atoms with Gasteiger partial charge in [0.15, 0.2) is 0 Å². The van der Waals surface area contributed by atoms with Gasteiger partial charge in [-0.25, -0.2) is 0 Å². The Morgan fingerprint density at radius 2 is 2.44 bits per heavy atom. The highest BCUT2D eigenvalue weighted by atomic mass is 35.5. The van der Waals surface area contributed by atoms with Crippen LogP contribution >= 0.6 is 23.8 Å². The van der Waals surface area contributed by atoms with Crippen molar-refractivity contribution >= 4 is 30.0 Å². The van der Waals surface area contributed by atoms with E-state index < -0.39 is 0 Å². The third-order valence-corrected chi connectivity index (χ3v) is 2.64. The normalized spacial score (nSPS) is 11.0. The highest BCUT2D eigenvalue weighted by molar-refractivity contribution is 7.71. The summed E-state index contributed by atoms with van der Waals surface area (Å²) in [5.41, 5.74) is 0.785. The first kappa shape index (κ1) is 12.8. The molecule has 1 heterocycles. The fourth-order valence-corrected chi connectivity index (χ4v) is 1.68. The summed E-state index contributed by atoms with van der Waals surface area (Å²) in [6.45, 7) is 2.50. The maximum atomic E-state index is 5.95. The number of benzene rings is 1. The first-order valence-electron chi connectivity index (χ1n) is 5.29. The molecule has 7 heteroatoms. The third-order valence-electron chi connectivity index (χ3n) is 2.13. The number of H-pyrrole nitrogens is 1. The average Bonchev–Trinajstić information content (AvgIpc) is 2.75. The van der Waals surface area contributed by atoms with Crippen LogP contribution in [0.25, 0.3) is 0 Å². The molecule has 0 spiro atoms. The molecule has 1 N–H and O–H groups in total. The molecule has 18 heavy (non-hydrogen) atoms. The molecule has 1 aromatic heterocycles. The number of rotatable bonds is 4. The summed E-state index contributed by atoms with van der Waals surface area (Å²) in [7, 11) is 0. The molecule has 1 aromatic carbocycles. The molecule has 0 aliphatic rings. The van der Waals surface area contributed by atoms with Crippen LogP contribution in [0.3, 0.4) is 0 Å². The van der Waals surface area contributed by atoms with Crippen LogP contribution in [0.15, 0.2) is 29.6 Å². The topological polar surface area (TPSA) is 55.2 Å². The molecule has 0 bridgehead atoms. The molecule has 0 fully saturated rings. The molecule has 2 rings (SSSR count). The van der Waals surface area contributed by atoms with Gasteiger partial charge in [-0.3, -0.25) is 5.10 Å². The molecule has 0 radical (unpaired) electrons. The first-order chi connectivity index (χ1) is 8.70. The molecular weight excluding hydrogens is 272 g/mol. The predicted octanol–water partition coefficient (Wildman–Crippen LogP) is 2.87. The lowest BCUT2D eigenvalue weighted by molar-refractivity contribution is 0.340. The minimum atomic E-state index is 0.422. The highest BCUT2D eigenvalue weighted by Gasteiger charge is 2.02. The van der Waals surface area contributed by atoms with E-state index in [1.165, 1.54) is 11.0 Å². The molecule has 0 atom stereocenters. The van der Waals surface area contributed by atoms with E-state index in [-0.39, 0.29) is 0 Å². The summed E-state index contributed by atoms with van der Waals surface area (Å²) in [5.74, 6) is 0.723. The Morgan fingerprint density at radius 1 is 1.61 bits per heavy atom. The van der Waals surface area contributed by atoms with E-state index in [1.807, 2.05) is 13.0 Å². The van der Waals surface area contributed by atoms with Crippen LogP contribution in [0.1, 0.15) is 12.5 Å². The van der Waals surface area contributed by atoms with Crippen molar-refractivity contribution in [1.82, 2.24) is 14.9 Å². The zero-order valence-electron chi connectivity index (χ0n) is 9.63. The van der Waals surface area contributed by atoms with Crippen LogP contribution in [-0.4, -0.2) is 27.7 Å². The summed E-state index contributed by atoms with van der Waals surface area (Å²) >= 11 is 10.9. The summed E-state index contributed by atoms with van der Waals surface area (Å²) in [4.78, 5) is 0. The summed E-state index contributed by atoms with van der Waals surface area (Å²) < 4.78 is 7.36. The van der Waals surface area contributed by atoms with E-state index in [9.17, 15) is 0 Å². The number of aromatic nitrogens is 3. The van der Waals surface area contributed by atoms with Crippen LogP contribution in [0.4, 0.5) is 0 Å². The zero-order chi connectivity index (χ0) is 13.0. The van der Waals surface area contributed by atoms with E-state index in [1.54, 1.807) is 18.3 Å². The van der Waals surface area contributed by atoms with E-state index >= 15 is 0 Å². The second-order valence-electron chi connectivity index (χ2n) is 3.37. The quantitative estimate of drug-likeness (QED) is 0.693. The van der Waals surface area contributed by atoms with Gasteiger partial charge in [0.05, 0.1) is 12.8 Å². The Labute approximate surface area is 114 Å². The minimum Gasteiger partial charge on any atom is -0.493 e. The molecule has 0 aliphatic heterocycles. The number of hydrogen-bond acceptors (Lipinski definition) is 4. The second-order valence-corrected chi connectivity index (χ2v) is 4.19. The first-order valence-corrected chi connectivity index (χ1v) is 6.08. The minimum absolute atomic E-state index is 0.422. The van der Waals surface area contributed by atoms with Crippen LogP contribution < -0.4 is 4.74 Å². The number of ether oxygens (including phenoxy) is 1. The highest BCUT2D eigenvalue weighted by Crippen LogP contribution is 2.21. The van der Waals surface area contributed by atoms with Gasteiger partial charge >= 0.3 is 0 Å². The van der Waals surface area contributed by atoms with E-state index in [2.05, 4.69) is 15.3 Å². The van der Waals surface area contributed by atoms with Crippen LogP contribution in [0.5, 0.6) is 5.75 Å². The van der Waals surface area contributed by atoms with Crippen molar-refractivity contribution in [3.63, 3.8) is 0 Å². The summed E-state index contributed by atoms with van der Waals surface area (Å²) in [5, 5.41) is 11.2. The fourth-order valence-electron chi connectivity index (χ4n) is 1.36. The lowest BCUT2D eigenvalue weighted by atomic mass is 10.2. The monoisotopic (exact) mass is 282 g/mol. The van der Waals surface area contributed by atoms with Crippen molar-refractivity contribution in [2.75, 3.05) is 6.61 Å². The second kappa shape index (κ2) is 5.79. The fraction of sp³-hybridized carbons (Fsp3) is 0.182. The average molecular weight is 283 g/mol. The van der Waals surface area contributed by atoms with Gasteiger partial charge in [0.2, 0.25) is 4.77 Å². The van der Waals surface area contributed by atoms with Crippen LogP contribution in [0.2, 0.25) is 5.02 Å². The summed E-state index contributed by atoms with van der Waals surface area (Å²) in [6.07, 6.45) is 3.12. The molecule has 0 amide bonds. The van der Waals surface area contributed by atoms with Crippen molar-refractivity contribution in [2.45, 2.75) is 6.92 Å². The standard InChI is InChI=1S/C11H11ClN4OS/c1-2-17-10-4-3-9(12)5-8(10)6-14-16-7-13-15-11(16)18/h3-7H,2H2,1H3,(H,15,18)/b14-6+. The van der Waals surface area contributed by atoms with Crippen LogP contribution in [0, 0.1) is 4.77 Å². The molecule has 5 nitrogen and oxygen atoms in total. The molecule has 0 unspecified atom stereocenters. The molecule has 0 saturated heterocycles. The van der Waals surface area contributed by atoms with E-state index in [4.69, 9.17) is 28.6 Å². The van der Waals surface area contributed by atoms with Crippen molar-refractivity contribution in [3.8, 4) is 5.75 Å². The van der Waals surface area contributed by atoms with Crippen molar-refractivity contribution in [3.05, 3.63) is 39.9 Å². The smallest absolute Gasteiger partial charge is 0.216 e. The molecular formula is C11H11ClN4OS. The van der Waals surface area contributed by atoms with Gasteiger partial charge in [-0.1, -0.05) is 11.6 Å². The van der Waals surface area contributed by atoms with E-state index in [0.717, 1.165) is 11.3 Å². The van der Waals surface area contributed by atoms with Gasteiger partial charge in [-0.15, -0.1) is 0 Å². The number of nitrogens with one attached hydrogen (secondary N) is 1. The zero-order valence-corrected chi connectivity index (χ0v) is 11.2. The van der Waals surface area contributed by atoms with Gasteiger partial charge in [-0.05, 0) is 37.3 Å². The third kappa shape index (κ3) is 2.96. The Balaban J connectivity index is 2.33. The van der Waals surface area contributed by atoms with Gasteiger partial charge in [0.25, 0.3) is 0 Å². The van der Waals surface area contributed by atoms with Crippen molar-refractivity contribution < 1.29 is 4.74 Å². The molecule has 2 aromatic rings. The van der Waals surface area contributed by atoms with Crippen LogP contribution in [-0.2, 0) is 0 Å². The summed E-state index contributed by atoms with van der Waals surface area (Å²) in [6, 6.07) is 5.36. The van der Waals surface area contributed by atoms with Gasteiger partial charge < -0.3 is 4.74 Å². The largest absolute Gasteiger partial charge is 0.493 e. The number of halogens is 1. The van der Waals surface area contributed by atoms with Crippen molar-refractivity contribution in [2.24, 2.45) is 5.10 Å². The maximum Gasteiger partial charge on any atom is 0.216 e. The van der Waals surface area contributed by atoms with Gasteiger partial charge in [0, 0.05) is 10.6 Å². The molecule has 0 aliphatic carbocycles. The van der Waals surface area contributed by atoms with Gasteiger partial charge in [-0.2, -0.15) is 14.9 Å². The van der Waals surface area contributed by atoms with E-state index in [0.29, 0.717) is 16.4 Å². The number of nitrogens with zero attached hydrogens (tertiary/aromatic N) is 3. The lowest BCUT2D eigenvalue weighted by Crippen LogP contribution is -1.97. The molecule has 94 valence electrons. The molecule has 0 saturated carbocycles. The maximum absolute atomic E-state index is 5.95. The van der Waals surface area contributed by atoms with Gasteiger partial charge in [0.1, 0.15) is 12.1 Å². The Morgan fingerprint density at radius 3 is 3.11 bits per heavy atom. The predicted molar refractivity (Wildman–Crippen MR) is 73.0 cm³/mol. The number of aromatic amines is 1.